The normalized spacial score (nSPS) is 51.0. The Morgan fingerprint density at radius 1 is 1.18 bits per heavy atom. The van der Waals surface area contributed by atoms with Crippen molar-refractivity contribution in [3.8, 4) is 0 Å². The van der Waals surface area contributed by atoms with Crippen LogP contribution in [-0.4, -0.2) is 33.7 Å². The zero-order valence-electron chi connectivity index (χ0n) is 11.4. The van der Waals surface area contributed by atoms with Gasteiger partial charge in [-0.15, -0.1) is 0 Å². The number of hydrogen-bond donors (Lipinski definition) is 1. The number of hydrogen-bond acceptors (Lipinski definition) is 2. The molecule has 3 fully saturated rings. The van der Waals surface area contributed by atoms with Gasteiger partial charge in [0.25, 0.3) is 0 Å². The van der Waals surface area contributed by atoms with Crippen LogP contribution in [0.3, 0.4) is 0 Å². The van der Waals surface area contributed by atoms with E-state index in [0.29, 0.717) is 17.5 Å². The minimum Gasteiger partial charge on any atom is -0.393 e. The maximum Gasteiger partial charge on any atom is 0.0600 e. The first-order chi connectivity index (χ1) is 8.16. The second-order valence-electron chi connectivity index (χ2n) is 6.71. The fraction of sp³-hybridized carbons (Fsp3) is 1.00. The van der Waals surface area contributed by atoms with E-state index in [2.05, 4.69) is 18.7 Å². The Morgan fingerprint density at radius 3 is 2.65 bits per heavy atom. The van der Waals surface area contributed by atoms with E-state index >= 15 is 0 Å². The molecule has 3 aliphatic heterocycles. The summed E-state index contributed by atoms with van der Waals surface area (Å²) >= 11 is 0. The first kappa shape index (κ1) is 12.0. The summed E-state index contributed by atoms with van der Waals surface area (Å²) in [5.74, 6) is 0.500. The molecule has 3 rings (SSSR count). The fourth-order valence-corrected chi connectivity index (χ4v) is 5.29. The molecule has 0 aliphatic carbocycles. The van der Waals surface area contributed by atoms with Crippen molar-refractivity contribution in [2.24, 2.45) is 5.92 Å². The fourth-order valence-electron chi connectivity index (χ4n) is 5.29. The third-order valence-electron chi connectivity index (χ3n) is 5.89. The minimum atomic E-state index is -0.0527. The van der Waals surface area contributed by atoms with Gasteiger partial charge < -0.3 is 5.11 Å². The van der Waals surface area contributed by atoms with Crippen LogP contribution in [0.5, 0.6) is 0 Å². The smallest absolute Gasteiger partial charge is 0.0600 e. The Hall–Kier alpha value is -0.0800. The molecule has 0 unspecified atom stereocenters. The molecule has 2 heteroatoms. The lowest BCUT2D eigenvalue weighted by molar-refractivity contribution is -0.155. The molecule has 0 amide bonds. The third kappa shape index (κ3) is 1.67. The highest BCUT2D eigenvalue weighted by Gasteiger charge is 2.53. The van der Waals surface area contributed by atoms with Crippen molar-refractivity contribution in [2.45, 2.75) is 88.9 Å². The van der Waals surface area contributed by atoms with Crippen molar-refractivity contribution in [1.82, 2.24) is 4.90 Å². The van der Waals surface area contributed by atoms with Gasteiger partial charge in [-0.1, -0.05) is 19.8 Å². The van der Waals surface area contributed by atoms with E-state index in [1.165, 1.54) is 38.5 Å². The van der Waals surface area contributed by atoms with E-state index in [4.69, 9.17) is 0 Å². The molecule has 0 aromatic rings. The van der Waals surface area contributed by atoms with E-state index < -0.39 is 0 Å². The van der Waals surface area contributed by atoms with Crippen molar-refractivity contribution in [3.05, 3.63) is 0 Å². The molecule has 0 bridgehead atoms. The zero-order chi connectivity index (χ0) is 12.0. The maximum absolute atomic E-state index is 10.5. The molecule has 2 nitrogen and oxygen atoms in total. The molecule has 1 N–H and O–H groups in total. The van der Waals surface area contributed by atoms with Gasteiger partial charge in [0.2, 0.25) is 0 Å². The summed E-state index contributed by atoms with van der Waals surface area (Å²) in [7, 11) is 0. The molecule has 98 valence electrons. The van der Waals surface area contributed by atoms with Crippen LogP contribution in [0.4, 0.5) is 0 Å². The number of aliphatic hydroxyl groups is 1. The highest BCUT2D eigenvalue weighted by molar-refractivity contribution is 5.08. The van der Waals surface area contributed by atoms with Crippen LogP contribution in [-0.2, 0) is 0 Å². The second-order valence-corrected chi connectivity index (χ2v) is 6.71. The lowest BCUT2D eigenvalue weighted by Crippen LogP contribution is -2.69. The first-order valence-electron chi connectivity index (χ1n) is 7.63. The van der Waals surface area contributed by atoms with E-state index in [1.807, 2.05) is 0 Å². The third-order valence-corrected chi connectivity index (χ3v) is 5.89. The topological polar surface area (TPSA) is 23.5 Å². The van der Waals surface area contributed by atoms with Gasteiger partial charge >= 0.3 is 0 Å². The van der Waals surface area contributed by atoms with Crippen LogP contribution >= 0.6 is 0 Å². The minimum absolute atomic E-state index is 0.0527. The van der Waals surface area contributed by atoms with Gasteiger partial charge in [0, 0.05) is 23.5 Å². The average molecular weight is 237 g/mol. The standard InChI is InChI=1S/C15H27NO/c1-3-13-14(17)10-12-7-4-6-11-8-5-9-15(13,2)16(11)12/h11-14,17H,3-10H2,1-2H3/t11-,12+,13+,14+,15-/m1/s1. The van der Waals surface area contributed by atoms with E-state index in [9.17, 15) is 5.11 Å². The predicted molar refractivity (Wildman–Crippen MR) is 69.9 cm³/mol. The lowest BCUT2D eigenvalue weighted by atomic mass is 9.64. The summed E-state index contributed by atoms with van der Waals surface area (Å²) in [4.78, 5) is 2.85. The molecule has 5 atom stereocenters. The van der Waals surface area contributed by atoms with Crippen molar-refractivity contribution in [1.29, 1.82) is 0 Å². The molecule has 17 heavy (non-hydrogen) atoms. The van der Waals surface area contributed by atoms with Crippen LogP contribution in [0.2, 0.25) is 0 Å². The Labute approximate surface area is 105 Å². The Kier molecular flexibility index (Phi) is 2.99. The summed E-state index contributed by atoms with van der Waals surface area (Å²) in [5.41, 5.74) is 0.292. The summed E-state index contributed by atoms with van der Waals surface area (Å²) in [6, 6.07) is 1.51. The first-order valence-corrected chi connectivity index (χ1v) is 7.63. The Morgan fingerprint density at radius 2 is 1.88 bits per heavy atom. The molecule has 0 spiro atoms. The summed E-state index contributed by atoms with van der Waals surface area (Å²) in [5, 5.41) is 10.5. The van der Waals surface area contributed by atoms with Crippen molar-refractivity contribution in [2.75, 3.05) is 0 Å². The Bertz CT molecular complexity index is 291. The molecule has 3 aliphatic rings. The number of rotatable bonds is 1. The number of aliphatic hydroxyl groups excluding tert-OH is 1. The highest BCUT2D eigenvalue weighted by atomic mass is 16.3. The lowest BCUT2D eigenvalue weighted by Gasteiger charge is -2.63. The zero-order valence-corrected chi connectivity index (χ0v) is 11.4. The average Bonchev–Trinajstić information content (AvgIpc) is 2.29. The molecule has 0 aromatic carbocycles. The van der Waals surface area contributed by atoms with Crippen LogP contribution in [0.25, 0.3) is 0 Å². The maximum atomic E-state index is 10.5. The van der Waals surface area contributed by atoms with Gasteiger partial charge in [-0.05, 0) is 45.4 Å². The molecule has 0 radical (unpaired) electrons. The van der Waals surface area contributed by atoms with Gasteiger partial charge in [-0.2, -0.15) is 0 Å². The van der Waals surface area contributed by atoms with Gasteiger partial charge in [0.1, 0.15) is 0 Å². The molecule has 3 heterocycles. The van der Waals surface area contributed by atoms with Crippen molar-refractivity contribution < 1.29 is 5.11 Å². The van der Waals surface area contributed by atoms with Gasteiger partial charge in [0.05, 0.1) is 6.10 Å². The monoisotopic (exact) mass is 237 g/mol. The Balaban J connectivity index is 1.95. The molecule has 0 saturated carbocycles. The van der Waals surface area contributed by atoms with E-state index in [0.717, 1.165) is 18.9 Å². The SMILES string of the molecule is CC[C@H]1[C@@H](O)C[C@@H]2CCC[C@@H]3CCC[C@@]1(C)N32. The largest absolute Gasteiger partial charge is 0.393 e. The predicted octanol–water partition coefficient (Wildman–Crippen LogP) is 2.94. The van der Waals surface area contributed by atoms with E-state index in [1.54, 1.807) is 0 Å². The molecular weight excluding hydrogens is 210 g/mol. The van der Waals surface area contributed by atoms with Crippen LogP contribution in [0, 0.1) is 5.92 Å². The quantitative estimate of drug-likeness (QED) is 0.758. The summed E-state index contributed by atoms with van der Waals surface area (Å²) in [6.07, 6.45) is 10.3. The van der Waals surface area contributed by atoms with Crippen LogP contribution in [0.1, 0.15) is 65.2 Å². The molecule has 0 aromatic heterocycles. The molecular formula is C15H27NO. The van der Waals surface area contributed by atoms with Gasteiger partial charge in [-0.25, -0.2) is 0 Å². The summed E-state index contributed by atoms with van der Waals surface area (Å²) < 4.78 is 0. The van der Waals surface area contributed by atoms with Gasteiger partial charge in [-0.3, -0.25) is 4.90 Å². The van der Waals surface area contributed by atoms with Crippen LogP contribution < -0.4 is 0 Å². The van der Waals surface area contributed by atoms with Crippen LogP contribution in [0.15, 0.2) is 0 Å². The van der Waals surface area contributed by atoms with Crippen molar-refractivity contribution >= 4 is 0 Å². The van der Waals surface area contributed by atoms with Crippen molar-refractivity contribution in [3.63, 3.8) is 0 Å². The number of piperidine rings is 3. The van der Waals surface area contributed by atoms with Gasteiger partial charge in [0.15, 0.2) is 0 Å². The highest BCUT2D eigenvalue weighted by Crippen LogP contribution is 2.50. The summed E-state index contributed by atoms with van der Waals surface area (Å²) in [6.45, 7) is 4.70. The number of nitrogens with zero attached hydrogens (tertiary/aromatic N) is 1. The van der Waals surface area contributed by atoms with E-state index in [-0.39, 0.29) is 6.10 Å². The molecule has 3 saturated heterocycles. The second kappa shape index (κ2) is 4.24.